The third kappa shape index (κ3) is 3.46. The largest absolute Gasteiger partial charge is 0.480 e. The summed E-state index contributed by atoms with van der Waals surface area (Å²) in [5.41, 5.74) is -0.802. The molecule has 0 bridgehead atoms. The molecule has 2 saturated heterocycles. The number of carboxylic acids is 1. The van der Waals surface area contributed by atoms with Crippen LogP contribution in [0.4, 0.5) is 0 Å². The molecule has 19 heavy (non-hydrogen) atoms. The van der Waals surface area contributed by atoms with Gasteiger partial charge in [-0.25, -0.2) is 0 Å². The number of piperidine rings is 1. The topological polar surface area (TPSA) is 55.8 Å². The van der Waals surface area contributed by atoms with Gasteiger partial charge < -0.3 is 15.3 Å². The minimum atomic E-state index is -0.802. The van der Waals surface area contributed by atoms with Crippen molar-refractivity contribution < 1.29 is 9.90 Å². The highest BCUT2D eigenvalue weighted by Crippen LogP contribution is 2.22. The lowest BCUT2D eigenvalue weighted by Crippen LogP contribution is -2.56. The van der Waals surface area contributed by atoms with E-state index in [1.807, 2.05) is 0 Å². The van der Waals surface area contributed by atoms with Crippen molar-refractivity contribution in [2.45, 2.75) is 44.2 Å². The minimum absolute atomic E-state index is 0.658. The third-order valence-electron chi connectivity index (χ3n) is 4.87. The van der Waals surface area contributed by atoms with E-state index >= 15 is 0 Å². The Kier molecular flexibility index (Phi) is 4.81. The molecule has 0 saturated carbocycles. The summed E-state index contributed by atoms with van der Waals surface area (Å²) in [7, 11) is 1.73. The SMILES string of the molecule is CNC(C)(CCN1CCN2CCCCC2C1)C(=O)O. The van der Waals surface area contributed by atoms with Crippen LogP contribution in [0.15, 0.2) is 0 Å². The predicted octanol–water partition coefficient (Wildman–Crippen LogP) is 0.609. The summed E-state index contributed by atoms with van der Waals surface area (Å²) >= 11 is 0. The maximum atomic E-state index is 11.3. The standard InChI is InChI=1S/C14H27N3O2/c1-14(15-2,13(18)19)6-8-16-9-10-17-7-4-3-5-12(17)11-16/h12,15H,3-11H2,1-2H3,(H,18,19). The van der Waals surface area contributed by atoms with Crippen molar-refractivity contribution in [1.82, 2.24) is 15.1 Å². The first kappa shape index (κ1) is 14.8. The molecule has 2 fully saturated rings. The molecule has 2 rings (SSSR count). The molecular formula is C14H27N3O2. The molecule has 110 valence electrons. The van der Waals surface area contributed by atoms with Crippen LogP contribution in [0.25, 0.3) is 0 Å². The molecule has 0 aromatic rings. The number of carboxylic acid groups (broad SMARTS) is 1. The molecule has 0 aliphatic carbocycles. The number of nitrogens with one attached hydrogen (secondary N) is 1. The Hall–Kier alpha value is -0.650. The summed E-state index contributed by atoms with van der Waals surface area (Å²) in [5.74, 6) is -0.758. The molecule has 0 radical (unpaired) electrons. The van der Waals surface area contributed by atoms with Gasteiger partial charge in [0.05, 0.1) is 0 Å². The van der Waals surface area contributed by atoms with E-state index in [9.17, 15) is 9.90 Å². The fourth-order valence-electron chi connectivity index (χ4n) is 3.14. The Labute approximate surface area is 115 Å². The minimum Gasteiger partial charge on any atom is -0.480 e. The van der Waals surface area contributed by atoms with E-state index in [0.717, 1.165) is 26.2 Å². The average Bonchev–Trinajstić information content (AvgIpc) is 2.44. The monoisotopic (exact) mass is 269 g/mol. The zero-order valence-corrected chi connectivity index (χ0v) is 12.2. The number of fused-ring (bicyclic) bond motifs is 1. The zero-order valence-electron chi connectivity index (χ0n) is 12.2. The van der Waals surface area contributed by atoms with Crippen molar-refractivity contribution in [2.24, 2.45) is 0 Å². The molecule has 0 aromatic carbocycles. The lowest BCUT2D eigenvalue weighted by molar-refractivity contribution is -0.144. The van der Waals surface area contributed by atoms with E-state index in [4.69, 9.17) is 0 Å². The van der Waals surface area contributed by atoms with Gasteiger partial charge in [0, 0.05) is 32.2 Å². The van der Waals surface area contributed by atoms with Crippen LogP contribution < -0.4 is 5.32 Å². The van der Waals surface area contributed by atoms with Crippen LogP contribution in [0.3, 0.4) is 0 Å². The van der Waals surface area contributed by atoms with Crippen LogP contribution in [0.2, 0.25) is 0 Å². The number of hydrogen-bond donors (Lipinski definition) is 2. The number of nitrogens with zero attached hydrogens (tertiary/aromatic N) is 2. The molecule has 2 atom stereocenters. The summed E-state index contributed by atoms with van der Waals surface area (Å²) in [6, 6.07) is 0.702. The predicted molar refractivity (Wildman–Crippen MR) is 75.4 cm³/mol. The van der Waals surface area contributed by atoms with Crippen molar-refractivity contribution in [1.29, 1.82) is 0 Å². The van der Waals surface area contributed by atoms with Crippen molar-refractivity contribution in [3.8, 4) is 0 Å². The van der Waals surface area contributed by atoms with Crippen LogP contribution in [0.1, 0.15) is 32.6 Å². The Morgan fingerprint density at radius 2 is 2.16 bits per heavy atom. The van der Waals surface area contributed by atoms with E-state index in [-0.39, 0.29) is 0 Å². The second kappa shape index (κ2) is 6.20. The van der Waals surface area contributed by atoms with E-state index in [1.54, 1.807) is 14.0 Å². The van der Waals surface area contributed by atoms with Gasteiger partial charge in [0.25, 0.3) is 0 Å². The van der Waals surface area contributed by atoms with E-state index in [0.29, 0.717) is 12.5 Å². The van der Waals surface area contributed by atoms with E-state index in [2.05, 4.69) is 15.1 Å². The Morgan fingerprint density at radius 3 is 2.84 bits per heavy atom. The van der Waals surface area contributed by atoms with Crippen LogP contribution in [-0.4, -0.2) is 72.2 Å². The molecule has 2 aliphatic rings. The fourth-order valence-corrected chi connectivity index (χ4v) is 3.14. The molecule has 0 amide bonds. The highest BCUT2D eigenvalue weighted by Gasteiger charge is 2.33. The summed E-state index contributed by atoms with van der Waals surface area (Å²) in [6.07, 6.45) is 4.65. The first-order valence-corrected chi connectivity index (χ1v) is 7.44. The lowest BCUT2D eigenvalue weighted by atomic mass is 9.96. The lowest BCUT2D eigenvalue weighted by Gasteiger charge is -2.44. The quantitative estimate of drug-likeness (QED) is 0.766. The highest BCUT2D eigenvalue weighted by molar-refractivity contribution is 5.78. The molecule has 0 spiro atoms. The number of carbonyl (C=O) groups is 1. The van der Waals surface area contributed by atoms with Gasteiger partial charge in [-0.1, -0.05) is 6.42 Å². The fraction of sp³-hybridized carbons (Fsp3) is 0.929. The maximum Gasteiger partial charge on any atom is 0.323 e. The van der Waals surface area contributed by atoms with E-state index < -0.39 is 11.5 Å². The van der Waals surface area contributed by atoms with Gasteiger partial charge in [0.2, 0.25) is 0 Å². The normalized spacial score (nSPS) is 28.6. The number of likely N-dealkylation sites (N-methyl/N-ethyl adjacent to an activating group) is 1. The van der Waals surface area contributed by atoms with Crippen molar-refractivity contribution in [3.63, 3.8) is 0 Å². The van der Waals surface area contributed by atoms with Gasteiger partial charge >= 0.3 is 5.97 Å². The second-order valence-electron chi connectivity index (χ2n) is 6.12. The molecular weight excluding hydrogens is 242 g/mol. The van der Waals surface area contributed by atoms with Gasteiger partial charge in [0.15, 0.2) is 0 Å². The summed E-state index contributed by atoms with van der Waals surface area (Å²) in [5, 5.41) is 12.2. The molecule has 0 aromatic heterocycles. The molecule has 5 nitrogen and oxygen atoms in total. The van der Waals surface area contributed by atoms with Gasteiger partial charge in [-0.2, -0.15) is 0 Å². The molecule has 2 aliphatic heterocycles. The summed E-state index contributed by atoms with van der Waals surface area (Å²) in [6.45, 7) is 7.23. The van der Waals surface area contributed by atoms with Gasteiger partial charge in [0.1, 0.15) is 5.54 Å². The average molecular weight is 269 g/mol. The molecule has 2 heterocycles. The van der Waals surface area contributed by atoms with Crippen LogP contribution >= 0.6 is 0 Å². The Morgan fingerprint density at radius 1 is 1.37 bits per heavy atom. The molecule has 2 unspecified atom stereocenters. The number of rotatable bonds is 5. The molecule has 5 heteroatoms. The van der Waals surface area contributed by atoms with Gasteiger partial charge in [-0.3, -0.25) is 9.69 Å². The van der Waals surface area contributed by atoms with E-state index in [1.165, 1.54) is 25.8 Å². The van der Waals surface area contributed by atoms with Crippen LogP contribution in [-0.2, 0) is 4.79 Å². The third-order valence-corrected chi connectivity index (χ3v) is 4.87. The number of aliphatic carboxylic acids is 1. The highest BCUT2D eigenvalue weighted by atomic mass is 16.4. The smallest absolute Gasteiger partial charge is 0.323 e. The second-order valence-corrected chi connectivity index (χ2v) is 6.12. The van der Waals surface area contributed by atoms with Gasteiger partial charge in [-0.15, -0.1) is 0 Å². The van der Waals surface area contributed by atoms with Crippen molar-refractivity contribution in [2.75, 3.05) is 39.8 Å². The maximum absolute atomic E-state index is 11.3. The first-order chi connectivity index (χ1) is 9.05. The zero-order chi connectivity index (χ0) is 13.9. The van der Waals surface area contributed by atoms with Crippen molar-refractivity contribution in [3.05, 3.63) is 0 Å². The van der Waals surface area contributed by atoms with Crippen molar-refractivity contribution >= 4 is 5.97 Å². The summed E-state index contributed by atoms with van der Waals surface area (Å²) in [4.78, 5) is 16.3. The van der Waals surface area contributed by atoms with Crippen LogP contribution in [0, 0.1) is 0 Å². The number of piperazine rings is 1. The first-order valence-electron chi connectivity index (χ1n) is 7.44. The summed E-state index contributed by atoms with van der Waals surface area (Å²) < 4.78 is 0. The molecule has 2 N–H and O–H groups in total. The van der Waals surface area contributed by atoms with Gasteiger partial charge in [-0.05, 0) is 39.8 Å². The Bertz CT molecular complexity index is 324. The number of hydrogen-bond acceptors (Lipinski definition) is 4. The Balaban J connectivity index is 1.82. The van der Waals surface area contributed by atoms with Crippen LogP contribution in [0.5, 0.6) is 0 Å².